The highest BCUT2D eigenvalue weighted by molar-refractivity contribution is 6.29. The van der Waals surface area contributed by atoms with Crippen molar-refractivity contribution in [3.8, 4) is 0 Å². The van der Waals surface area contributed by atoms with Gasteiger partial charge in [0.1, 0.15) is 17.3 Å². The van der Waals surface area contributed by atoms with E-state index in [0.29, 0.717) is 11.2 Å². The van der Waals surface area contributed by atoms with Crippen LogP contribution in [0.2, 0.25) is 5.15 Å². The third-order valence-electron chi connectivity index (χ3n) is 2.74. The van der Waals surface area contributed by atoms with Crippen molar-refractivity contribution in [2.75, 3.05) is 5.32 Å². The summed E-state index contributed by atoms with van der Waals surface area (Å²) < 4.78 is 0. The van der Waals surface area contributed by atoms with E-state index in [2.05, 4.69) is 46.5 Å². The molecule has 2 rings (SSSR count). The lowest BCUT2D eigenvalue weighted by atomic mass is 10.1. The van der Waals surface area contributed by atoms with Crippen molar-refractivity contribution in [3.05, 3.63) is 53.4 Å². The lowest BCUT2D eigenvalue weighted by Crippen LogP contribution is -2.16. The van der Waals surface area contributed by atoms with Crippen LogP contribution in [0.1, 0.15) is 18.9 Å². The largest absolute Gasteiger partial charge is 0.367 e. The number of nitrogens with zero attached hydrogens (tertiary/aromatic N) is 2. The zero-order valence-electron chi connectivity index (χ0n) is 10.3. The molecule has 0 bridgehead atoms. The minimum absolute atomic E-state index is 0.344. The summed E-state index contributed by atoms with van der Waals surface area (Å²) in [5.74, 6) is 0.774. The monoisotopic (exact) mass is 261 g/mol. The Morgan fingerprint density at radius 1 is 1.22 bits per heavy atom. The summed E-state index contributed by atoms with van der Waals surface area (Å²) in [6, 6.07) is 12.5. The number of aromatic nitrogens is 2. The lowest BCUT2D eigenvalue weighted by Gasteiger charge is -2.14. The molecular formula is C14H16ClN3. The average molecular weight is 262 g/mol. The summed E-state index contributed by atoms with van der Waals surface area (Å²) in [4.78, 5) is 7.98. The van der Waals surface area contributed by atoms with Crippen molar-refractivity contribution in [2.45, 2.75) is 25.8 Å². The predicted molar refractivity (Wildman–Crippen MR) is 74.9 cm³/mol. The van der Waals surface area contributed by atoms with Gasteiger partial charge in [0.05, 0.1) is 0 Å². The van der Waals surface area contributed by atoms with Crippen LogP contribution in [0, 0.1) is 0 Å². The van der Waals surface area contributed by atoms with Gasteiger partial charge in [0, 0.05) is 12.1 Å². The molecule has 0 amide bonds. The van der Waals surface area contributed by atoms with Crippen molar-refractivity contribution >= 4 is 17.4 Å². The van der Waals surface area contributed by atoms with Gasteiger partial charge in [-0.2, -0.15) is 0 Å². The number of nitrogens with one attached hydrogen (secondary N) is 1. The molecule has 0 fully saturated rings. The van der Waals surface area contributed by atoms with E-state index in [0.717, 1.165) is 18.7 Å². The smallest absolute Gasteiger partial charge is 0.134 e. The van der Waals surface area contributed by atoms with Crippen LogP contribution >= 0.6 is 11.6 Å². The molecule has 1 atom stereocenters. The number of hydrogen-bond acceptors (Lipinski definition) is 3. The second kappa shape index (κ2) is 6.36. The van der Waals surface area contributed by atoms with Gasteiger partial charge >= 0.3 is 0 Å². The van der Waals surface area contributed by atoms with Gasteiger partial charge in [-0.25, -0.2) is 9.97 Å². The molecule has 94 valence electrons. The minimum atomic E-state index is 0.344. The Bertz CT molecular complexity index is 487. The number of halogens is 1. The fraction of sp³-hybridized carbons (Fsp3) is 0.286. The molecule has 3 nitrogen and oxygen atoms in total. The number of hydrogen-bond donors (Lipinski definition) is 1. The maximum atomic E-state index is 5.81. The van der Waals surface area contributed by atoms with Gasteiger partial charge < -0.3 is 5.32 Å². The molecule has 0 aliphatic carbocycles. The Balaban J connectivity index is 1.84. The maximum absolute atomic E-state index is 5.81. The van der Waals surface area contributed by atoms with E-state index >= 15 is 0 Å². The topological polar surface area (TPSA) is 37.8 Å². The van der Waals surface area contributed by atoms with Gasteiger partial charge in [-0.1, -0.05) is 41.9 Å². The van der Waals surface area contributed by atoms with Gasteiger partial charge in [-0.05, 0) is 25.3 Å². The highest BCUT2D eigenvalue weighted by atomic mass is 35.5. The van der Waals surface area contributed by atoms with E-state index in [4.69, 9.17) is 11.6 Å². The fourth-order valence-electron chi connectivity index (χ4n) is 1.76. The molecular weight excluding hydrogens is 246 g/mol. The van der Waals surface area contributed by atoms with Crippen LogP contribution in [0.15, 0.2) is 42.7 Å². The fourth-order valence-corrected chi connectivity index (χ4v) is 1.91. The maximum Gasteiger partial charge on any atom is 0.134 e. The van der Waals surface area contributed by atoms with Crippen molar-refractivity contribution in [1.29, 1.82) is 0 Å². The van der Waals surface area contributed by atoms with E-state index in [1.807, 2.05) is 6.07 Å². The molecule has 0 saturated carbocycles. The number of aryl methyl sites for hydroxylation is 1. The number of anilines is 1. The third kappa shape index (κ3) is 4.00. The van der Waals surface area contributed by atoms with Crippen molar-refractivity contribution < 1.29 is 0 Å². The Morgan fingerprint density at radius 3 is 2.72 bits per heavy atom. The molecule has 1 N–H and O–H groups in total. The first kappa shape index (κ1) is 12.8. The molecule has 1 heterocycles. The average Bonchev–Trinajstić information content (AvgIpc) is 2.38. The second-order valence-corrected chi connectivity index (χ2v) is 4.68. The molecule has 0 spiro atoms. The molecule has 1 aromatic carbocycles. The minimum Gasteiger partial charge on any atom is -0.367 e. The van der Waals surface area contributed by atoms with E-state index in [9.17, 15) is 0 Å². The van der Waals surface area contributed by atoms with Crippen LogP contribution in [0.4, 0.5) is 5.82 Å². The van der Waals surface area contributed by atoms with E-state index in [-0.39, 0.29) is 0 Å². The highest BCUT2D eigenvalue weighted by Crippen LogP contribution is 2.12. The predicted octanol–water partition coefficient (Wildman–Crippen LogP) is 3.56. The van der Waals surface area contributed by atoms with Crippen molar-refractivity contribution in [1.82, 2.24) is 9.97 Å². The molecule has 0 saturated heterocycles. The highest BCUT2D eigenvalue weighted by Gasteiger charge is 2.04. The molecule has 0 radical (unpaired) electrons. The summed E-state index contributed by atoms with van der Waals surface area (Å²) in [7, 11) is 0. The van der Waals surface area contributed by atoms with Crippen LogP contribution < -0.4 is 5.32 Å². The molecule has 0 aliphatic heterocycles. The van der Waals surface area contributed by atoms with Crippen LogP contribution in [0.3, 0.4) is 0 Å². The molecule has 0 aliphatic rings. The summed E-state index contributed by atoms with van der Waals surface area (Å²) in [5, 5.41) is 3.78. The Kier molecular flexibility index (Phi) is 4.53. The van der Waals surface area contributed by atoms with Crippen LogP contribution in [-0.4, -0.2) is 16.0 Å². The van der Waals surface area contributed by atoms with Crippen LogP contribution in [0.25, 0.3) is 0 Å². The van der Waals surface area contributed by atoms with Crippen LogP contribution in [0.5, 0.6) is 0 Å². The molecule has 1 aromatic heterocycles. The Hall–Kier alpha value is -1.61. The van der Waals surface area contributed by atoms with E-state index in [1.54, 1.807) is 6.07 Å². The first-order valence-corrected chi connectivity index (χ1v) is 6.40. The molecule has 18 heavy (non-hydrogen) atoms. The summed E-state index contributed by atoms with van der Waals surface area (Å²) in [6.45, 7) is 2.14. The third-order valence-corrected chi connectivity index (χ3v) is 2.94. The normalized spacial score (nSPS) is 12.1. The van der Waals surface area contributed by atoms with Gasteiger partial charge in [-0.15, -0.1) is 0 Å². The summed E-state index contributed by atoms with van der Waals surface area (Å²) >= 11 is 5.81. The molecule has 1 unspecified atom stereocenters. The molecule has 2 aromatic rings. The Morgan fingerprint density at radius 2 is 2.00 bits per heavy atom. The van der Waals surface area contributed by atoms with Gasteiger partial charge in [0.25, 0.3) is 0 Å². The van der Waals surface area contributed by atoms with Crippen LogP contribution in [-0.2, 0) is 6.42 Å². The number of benzene rings is 1. The standard InChI is InChI=1S/C14H16ClN3/c1-11(7-8-12-5-3-2-4-6-12)18-14-9-13(15)16-10-17-14/h2-6,9-11H,7-8H2,1H3,(H,16,17,18). The van der Waals surface area contributed by atoms with Gasteiger partial charge in [0.2, 0.25) is 0 Å². The first-order valence-electron chi connectivity index (χ1n) is 6.02. The van der Waals surface area contributed by atoms with Crippen molar-refractivity contribution in [2.24, 2.45) is 0 Å². The van der Waals surface area contributed by atoms with Gasteiger partial charge in [0.15, 0.2) is 0 Å². The van der Waals surface area contributed by atoms with E-state index < -0.39 is 0 Å². The lowest BCUT2D eigenvalue weighted by molar-refractivity contribution is 0.702. The van der Waals surface area contributed by atoms with Crippen molar-refractivity contribution in [3.63, 3.8) is 0 Å². The summed E-state index contributed by atoms with van der Waals surface area (Å²) in [5.41, 5.74) is 1.35. The second-order valence-electron chi connectivity index (χ2n) is 4.30. The Labute approximate surface area is 112 Å². The SMILES string of the molecule is CC(CCc1ccccc1)Nc1cc(Cl)ncn1. The van der Waals surface area contributed by atoms with Gasteiger partial charge in [-0.3, -0.25) is 0 Å². The number of rotatable bonds is 5. The summed E-state index contributed by atoms with van der Waals surface area (Å²) in [6.07, 6.45) is 3.56. The quantitative estimate of drug-likeness (QED) is 0.837. The zero-order valence-corrected chi connectivity index (χ0v) is 11.1. The first-order chi connectivity index (χ1) is 8.74. The van der Waals surface area contributed by atoms with E-state index in [1.165, 1.54) is 11.9 Å². The molecule has 4 heteroatoms. The zero-order chi connectivity index (χ0) is 12.8.